The van der Waals surface area contributed by atoms with Crippen LogP contribution in [0.4, 0.5) is 17.3 Å². The summed E-state index contributed by atoms with van der Waals surface area (Å²) in [5.74, 6) is 0.185. The number of nitrogens with one attached hydrogen (secondary N) is 3. The molecule has 0 bridgehead atoms. The van der Waals surface area contributed by atoms with Gasteiger partial charge in [0, 0.05) is 50.7 Å². The third-order valence-corrected chi connectivity index (χ3v) is 6.90. The highest BCUT2D eigenvalue weighted by Gasteiger charge is 2.22. The maximum absolute atomic E-state index is 12.6. The molecular formula is C30H44N8O5. The molecule has 43 heavy (non-hydrogen) atoms. The molecule has 1 atom stereocenters. The predicted octanol–water partition coefficient (Wildman–Crippen LogP) is 1.93. The number of hydrogen-bond donors (Lipinski definition) is 4. The van der Waals surface area contributed by atoms with E-state index in [0.717, 1.165) is 12.8 Å². The van der Waals surface area contributed by atoms with Gasteiger partial charge in [0.05, 0.1) is 12.2 Å². The van der Waals surface area contributed by atoms with Gasteiger partial charge in [-0.1, -0.05) is 19.1 Å². The number of carbonyl (C=O) groups excluding carboxylic acids is 3. The Bertz CT molecular complexity index is 1280. The molecule has 2 aromatic rings. The molecule has 0 aliphatic carbocycles. The lowest BCUT2D eigenvalue weighted by Crippen LogP contribution is -2.46. The van der Waals surface area contributed by atoms with E-state index >= 15 is 0 Å². The fourth-order valence-electron chi connectivity index (χ4n) is 4.27. The van der Waals surface area contributed by atoms with Crippen LogP contribution in [0.25, 0.3) is 0 Å². The smallest absolute Gasteiger partial charge is 0.271 e. The van der Waals surface area contributed by atoms with E-state index in [9.17, 15) is 14.4 Å². The number of likely N-dealkylation sites (N-methyl/N-ethyl adjacent to an activating group) is 2. The van der Waals surface area contributed by atoms with E-state index < -0.39 is 11.9 Å². The molecule has 0 unspecified atom stereocenters. The summed E-state index contributed by atoms with van der Waals surface area (Å²) in [6, 6.07) is 6.69. The summed E-state index contributed by atoms with van der Waals surface area (Å²) in [6.07, 6.45) is 5.51. The number of primary amides is 1. The average Bonchev–Trinajstić information content (AvgIpc) is 2.99. The Morgan fingerprint density at radius 3 is 2.58 bits per heavy atom. The number of benzene rings is 1. The first-order valence-corrected chi connectivity index (χ1v) is 14.5. The zero-order chi connectivity index (χ0) is 31.4. The maximum atomic E-state index is 12.6. The second-order valence-corrected chi connectivity index (χ2v) is 10.5. The standard InChI is InChI=1S/C30H44N8O5/c1-6-24-28(33-21-12-16-42-17-13-21)36-29(26(35-24)27(31)40)34-22-9-7-10-23(19-22)43-18-14-32-30(41)20(2)38(5)25(39)11-8-15-37(3)4/h7-11,19-21H,6,12-18H2,1-5H3,(H2,31,40)(H,32,41)(H2,33,34,36)/b11-8+/t20-/m0/s1. The van der Waals surface area contributed by atoms with Gasteiger partial charge in [-0.25, -0.2) is 9.97 Å². The van der Waals surface area contributed by atoms with Gasteiger partial charge < -0.3 is 41.0 Å². The molecule has 5 N–H and O–H groups in total. The average molecular weight is 597 g/mol. The van der Waals surface area contributed by atoms with E-state index in [4.69, 9.17) is 20.2 Å². The number of rotatable bonds is 15. The van der Waals surface area contributed by atoms with Crippen molar-refractivity contribution in [1.29, 1.82) is 0 Å². The van der Waals surface area contributed by atoms with Crippen LogP contribution in [0.5, 0.6) is 5.75 Å². The molecule has 1 saturated heterocycles. The summed E-state index contributed by atoms with van der Waals surface area (Å²) in [5, 5.41) is 9.40. The molecule has 13 nitrogen and oxygen atoms in total. The third kappa shape index (κ3) is 10.2. The summed E-state index contributed by atoms with van der Waals surface area (Å²) in [5.41, 5.74) is 6.98. The van der Waals surface area contributed by atoms with Crippen LogP contribution in [0.1, 0.15) is 42.9 Å². The van der Waals surface area contributed by atoms with Crippen molar-refractivity contribution in [2.75, 3.05) is 64.7 Å². The van der Waals surface area contributed by atoms with Crippen LogP contribution in [0.3, 0.4) is 0 Å². The fourth-order valence-corrected chi connectivity index (χ4v) is 4.27. The molecule has 3 rings (SSSR count). The fraction of sp³-hybridized carbons (Fsp3) is 0.500. The highest BCUT2D eigenvalue weighted by molar-refractivity contribution is 5.96. The molecule has 1 aliphatic rings. The van der Waals surface area contributed by atoms with E-state index in [1.54, 1.807) is 38.2 Å². The molecule has 234 valence electrons. The van der Waals surface area contributed by atoms with Crippen LogP contribution >= 0.6 is 0 Å². The summed E-state index contributed by atoms with van der Waals surface area (Å²) in [6.45, 7) is 6.06. The highest BCUT2D eigenvalue weighted by atomic mass is 16.5. The van der Waals surface area contributed by atoms with Crippen molar-refractivity contribution >= 4 is 35.0 Å². The minimum atomic E-state index is -0.684. The lowest BCUT2D eigenvalue weighted by molar-refractivity contribution is -0.135. The number of anilines is 3. The van der Waals surface area contributed by atoms with Crippen LogP contribution in [0.15, 0.2) is 36.4 Å². The van der Waals surface area contributed by atoms with E-state index in [-0.39, 0.29) is 42.5 Å². The van der Waals surface area contributed by atoms with Gasteiger partial charge in [-0.3, -0.25) is 14.4 Å². The Balaban J connectivity index is 1.59. The van der Waals surface area contributed by atoms with Crippen molar-refractivity contribution < 1.29 is 23.9 Å². The molecule has 13 heteroatoms. The lowest BCUT2D eigenvalue weighted by atomic mass is 10.1. The Kier molecular flexibility index (Phi) is 12.7. The molecule has 1 aromatic carbocycles. The van der Waals surface area contributed by atoms with Gasteiger partial charge >= 0.3 is 0 Å². The van der Waals surface area contributed by atoms with Crippen LogP contribution < -0.4 is 26.4 Å². The number of nitrogens with zero attached hydrogens (tertiary/aromatic N) is 4. The molecule has 1 aliphatic heterocycles. The van der Waals surface area contributed by atoms with Gasteiger partial charge in [-0.2, -0.15) is 0 Å². The molecule has 3 amide bonds. The largest absolute Gasteiger partial charge is 0.492 e. The SMILES string of the molecule is CCc1nc(C(N)=O)c(Nc2cccc(OCCNC(=O)[C@H](C)N(C)C(=O)/C=C/CN(C)C)c2)nc1NC1CCOCC1. The lowest BCUT2D eigenvalue weighted by Gasteiger charge is -2.25. The second kappa shape index (κ2) is 16.4. The van der Waals surface area contributed by atoms with Crippen molar-refractivity contribution in [3.8, 4) is 5.75 Å². The minimum absolute atomic E-state index is 0.0502. The van der Waals surface area contributed by atoms with Crippen molar-refractivity contribution in [1.82, 2.24) is 25.1 Å². The van der Waals surface area contributed by atoms with E-state index in [2.05, 4.69) is 20.9 Å². The molecule has 1 fully saturated rings. The van der Waals surface area contributed by atoms with Crippen LogP contribution in [-0.4, -0.2) is 104 Å². The van der Waals surface area contributed by atoms with Crippen LogP contribution in [0, 0.1) is 0 Å². The highest BCUT2D eigenvalue weighted by Crippen LogP contribution is 2.26. The number of aromatic nitrogens is 2. The molecular weight excluding hydrogens is 552 g/mol. The Hall–Kier alpha value is -4.23. The summed E-state index contributed by atoms with van der Waals surface area (Å²) in [4.78, 5) is 49.6. The van der Waals surface area contributed by atoms with Gasteiger partial charge in [0.15, 0.2) is 17.3 Å². The molecule has 0 spiro atoms. The summed E-state index contributed by atoms with van der Waals surface area (Å²) >= 11 is 0. The van der Waals surface area contributed by atoms with Crippen LogP contribution in [-0.2, 0) is 20.7 Å². The van der Waals surface area contributed by atoms with Crippen molar-refractivity contribution in [3.63, 3.8) is 0 Å². The first-order valence-electron chi connectivity index (χ1n) is 14.5. The maximum Gasteiger partial charge on any atom is 0.271 e. The topological polar surface area (TPSA) is 164 Å². The zero-order valence-corrected chi connectivity index (χ0v) is 25.7. The van der Waals surface area contributed by atoms with Gasteiger partial charge in [0.25, 0.3) is 5.91 Å². The number of amides is 3. The zero-order valence-electron chi connectivity index (χ0n) is 25.7. The minimum Gasteiger partial charge on any atom is -0.492 e. The molecule has 1 aromatic heterocycles. The monoisotopic (exact) mass is 596 g/mol. The van der Waals surface area contributed by atoms with Crippen molar-refractivity contribution in [2.24, 2.45) is 5.73 Å². The number of aryl methyl sites for hydroxylation is 1. The molecule has 2 heterocycles. The Morgan fingerprint density at radius 2 is 1.91 bits per heavy atom. The van der Waals surface area contributed by atoms with Gasteiger partial charge in [0.1, 0.15) is 18.4 Å². The summed E-state index contributed by atoms with van der Waals surface area (Å²) in [7, 11) is 5.41. The number of hydrogen-bond acceptors (Lipinski definition) is 10. The third-order valence-electron chi connectivity index (χ3n) is 6.90. The van der Waals surface area contributed by atoms with Gasteiger partial charge in [-0.15, -0.1) is 0 Å². The quantitative estimate of drug-likeness (QED) is 0.176. The van der Waals surface area contributed by atoms with Gasteiger partial charge in [-0.05, 0) is 52.4 Å². The Labute approximate surface area is 253 Å². The van der Waals surface area contributed by atoms with Crippen molar-refractivity contribution in [2.45, 2.75) is 45.2 Å². The normalized spacial score (nSPS) is 14.4. The van der Waals surface area contributed by atoms with E-state index in [1.807, 2.05) is 32.0 Å². The van der Waals surface area contributed by atoms with E-state index in [0.29, 0.717) is 49.1 Å². The summed E-state index contributed by atoms with van der Waals surface area (Å²) < 4.78 is 11.3. The van der Waals surface area contributed by atoms with Crippen LogP contribution in [0.2, 0.25) is 0 Å². The van der Waals surface area contributed by atoms with Gasteiger partial charge in [0.2, 0.25) is 11.8 Å². The predicted molar refractivity (Wildman–Crippen MR) is 166 cm³/mol. The first kappa shape index (κ1) is 33.3. The number of carbonyl (C=O) groups is 3. The Morgan fingerprint density at radius 1 is 1.16 bits per heavy atom. The number of ether oxygens (including phenoxy) is 2. The molecule has 0 radical (unpaired) electrons. The van der Waals surface area contributed by atoms with E-state index in [1.165, 1.54) is 11.0 Å². The second-order valence-electron chi connectivity index (χ2n) is 10.5. The van der Waals surface area contributed by atoms with Crippen molar-refractivity contribution in [3.05, 3.63) is 47.8 Å². The molecule has 0 saturated carbocycles. The first-order chi connectivity index (χ1) is 20.6. The number of nitrogens with two attached hydrogens (primary N) is 1.